The summed E-state index contributed by atoms with van der Waals surface area (Å²) in [5, 5.41) is 12.2. The molecular formula is C17H24N2O2. The Morgan fingerprint density at radius 1 is 1.48 bits per heavy atom. The molecule has 1 unspecified atom stereocenters. The van der Waals surface area contributed by atoms with Crippen LogP contribution in [0.5, 0.6) is 5.75 Å². The predicted molar refractivity (Wildman–Crippen MR) is 83.2 cm³/mol. The zero-order valence-electron chi connectivity index (χ0n) is 12.6. The van der Waals surface area contributed by atoms with Crippen molar-refractivity contribution in [2.45, 2.75) is 51.2 Å². The molecule has 1 fully saturated rings. The summed E-state index contributed by atoms with van der Waals surface area (Å²) in [5.41, 5.74) is 0.878. The smallest absolute Gasteiger partial charge is 0.139 e. The van der Waals surface area contributed by atoms with E-state index in [2.05, 4.69) is 29.1 Å². The lowest BCUT2D eigenvalue weighted by Gasteiger charge is -2.20. The maximum absolute atomic E-state index is 8.71. The monoisotopic (exact) mass is 288 g/mol. The molecule has 1 saturated heterocycles. The summed E-state index contributed by atoms with van der Waals surface area (Å²) in [4.78, 5) is 4.19. The van der Waals surface area contributed by atoms with Crippen molar-refractivity contribution in [3.05, 3.63) is 24.0 Å². The van der Waals surface area contributed by atoms with Gasteiger partial charge in [-0.25, -0.2) is 0 Å². The predicted octanol–water partition coefficient (Wildman–Crippen LogP) is 2.12. The quantitative estimate of drug-likeness (QED) is 0.622. The fraction of sp³-hybridized carbons (Fsp3) is 0.588. The molecule has 0 bridgehead atoms. The Morgan fingerprint density at radius 2 is 2.38 bits per heavy atom. The van der Waals surface area contributed by atoms with Crippen LogP contribution in [0.15, 0.2) is 18.5 Å². The molecule has 0 spiro atoms. The van der Waals surface area contributed by atoms with Crippen LogP contribution in [-0.2, 0) is 0 Å². The first-order chi connectivity index (χ1) is 10.3. The van der Waals surface area contributed by atoms with E-state index in [0.717, 1.165) is 37.1 Å². The van der Waals surface area contributed by atoms with Gasteiger partial charge >= 0.3 is 0 Å². The molecule has 1 aliphatic rings. The lowest BCUT2D eigenvalue weighted by Crippen LogP contribution is -2.36. The second-order valence-corrected chi connectivity index (χ2v) is 5.42. The van der Waals surface area contributed by atoms with Gasteiger partial charge in [-0.15, -0.1) is 0 Å². The topological polar surface area (TPSA) is 54.4 Å². The maximum Gasteiger partial charge on any atom is 0.139 e. The van der Waals surface area contributed by atoms with Crippen molar-refractivity contribution in [1.29, 1.82) is 0 Å². The SMILES string of the molecule is CC(Oc1cncc(C#CCCCCO)c1)[C@@H]1CCCN1. The minimum Gasteiger partial charge on any atom is -0.487 e. The van der Waals surface area contributed by atoms with Crippen LogP contribution in [0.4, 0.5) is 0 Å². The molecule has 21 heavy (non-hydrogen) atoms. The van der Waals surface area contributed by atoms with Gasteiger partial charge in [0.2, 0.25) is 0 Å². The Bertz CT molecular complexity index is 487. The van der Waals surface area contributed by atoms with Gasteiger partial charge in [0.25, 0.3) is 0 Å². The molecule has 1 aromatic heterocycles. The van der Waals surface area contributed by atoms with Crippen LogP contribution in [0.3, 0.4) is 0 Å². The van der Waals surface area contributed by atoms with E-state index >= 15 is 0 Å². The number of hydrogen-bond donors (Lipinski definition) is 2. The molecule has 0 amide bonds. The summed E-state index contributed by atoms with van der Waals surface area (Å²) in [6, 6.07) is 2.37. The molecular weight excluding hydrogens is 264 g/mol. The van der Waals surface area contributed by atoms with Gasteiger partial charge in [-0.3, -0.25) is 4.98 Å². The molecule has 4 nitrogen and oxygen atoms in total. The van der Waals surface area contributed by atoms with Crippen molar-refractivity contribution in [1.82, 2.24) is 10.3 Å². The Kier molecular flexibility index (Phi) is 6.52. The highest BCUT2D eigenvalue weighted by Crippen LogP contribution is 2.17. The van der Waals surface area contributed by atoms with E-state index in [1.54, 1.807) is 12.4 Å². The standard InChI is InChI=1S/C17H24N2O2/c1-14(17-8-6-9-19-17)21-16-11-15(12-18-13-16)7-4-2-3-5-10-20/h11-14,17,19-20H,2-3,5-6,8-10H2,1H3/t14?,17-/m0/s1. The summed E-state index contributed by atoms with van der Waals surface area (Å²) in [7, 11) is 0. The van der Waals surface area contributed by atoms with Crippen LogP contribution in [-0.4, -0.2) is 35.4 Å². The van der Waals surface area contributed by atoms with Crippen molar-refractivity contribution in [3.8, 4) is 17.6 Å². The third kappa shape index (κ3) is 5.37. The first-order valence-corrected chi connectivity index (χ1v) is 7.74. The van der Waals surface area contributed by atoms with E-state index in [4.69, 9.17) is 9.84 Å². The van der Waals surface area contributed by atoms with Crippen LogP contribution < -0.4 is 10.1 Å². The molecule has 2 atom stereocenters. The van der Waals surface area contributed by atoms with Gasteiger partial charge in [-0.2, -0.15) is 0 Å². The number of hydrogen-bond acceptors (Lipinski definition) is 4. The van der Waals surface area contributed by atoms with Gasteiger partial charge in [-0.05, 0) is 45.2 Å². The number of nitrogens with zero attached hydrogens (tertiary/aromatic N) is 1. The first-order valence-electron chi connectivity index (χ1n) is 7.74. The van der Waals surface area contributed by atoms with Crippen LogP contribution in [0.2, 0.25) is 0 Å². The van der Waals surface area contributed by atoms with Crippen molar-refractivity contribution in [2.24, 2.45) is 0 Å². The number of unbranched alkanes of at least 4 members (excludes halogenated alkanes) is 2. The fourth-order valence-corrected chi connectivity index (χ4v) is 2.45. The highest BCUT2D eigenvalue weighted by atomic mass is 16.5. The number of aliphatic hydroxyl groups excluding tert-OH is 1. The van der Waals surface area contributed by atoms with Crippen LogP contribution in [0.25, 0.3) is 0 Å². The third-order valence-electron chi connectivity index (χ3n) is 3.64. The second kappa shape index (κ2) is 8.66. The first kappa shape index (κ1) is 15.8. The van der Waals surface area contributed by atoms with E-state index in [-0.39, 0.29) is 12.7 Å². The Hall–Kier alpha value is -1.57. The summed E-state index contributed by atoms with van der Waals surface area (Å²) in [6.07, 6.45) is 8.55. The number of aromatic nitrogens is 1. The van der Waals surface area contributed by atoms with Gasteiger partial charge in [-0.1, -0.05) is 11.8 Å². The van der Waals surface area contributed by atoms with Gasteiger partial charge in [0.15, 0.2) is 0 Å². The fourth-order valence-electron chi connectivity index (χ4n) is 2.45. The number of aliphatic hydroxyl groups is 1. The van der Waals surface area contributed by atoms with Gasteiger partial charge in [0.1, 0.15) is 11.9 Å². The average molecular weight is 288 g/mol. The third-order valence-corrected chi connectivity index (χ3v) is 3.64. The highest BCUT2D eigenvalue weighted by molar-refractivity contribution is 5.36. The molecule has 1 aromatic rings. The molecule has 4 heteroatoms. The number of nitrogens with one attached hydrogen (secondary N) is 1. The van der Waals surface area contributed by atoms with Gasteiger partial charge < -0.3 is 15.2 Å². The Balaban J connectivity index is 1.87. The molecule has 0 radical (unpaired) electrons. The van der Waals surface area contributed by atoms with Crippen LogP contribution in [0.1, 0.15) is 44.6 Å². The zero-order chi connectivity index (χ0) is 14.9. The average Bonchev–Trinajstić information content (AvgIpc) is 3.02. The van der Waals surface area contributed by atoms with Gasteiger partial charge in [0.05, 0.1) is 6.20 Å². The second-order valence-electron chi connectivity index (χ2n) is 5.42. The Morgan fingerprint density at radius 3 is 3.14 bits per heavy atom. The molecule has 2 N–H and O–H groups in total. The van der Waals surface area contributed by atoms with E-state index in [9.17, 15) is 0 Å². The highest BCUT2D eigenvalue weighted by Gasteiger charge is 2.22. The number of ether oxygens (including phenoxy) is 1. The Labute approximate surface area is 126 Å². The summed E-state index contributed by atoms with van der Waals surface area (Å²) in [6.45, 7) is 3.41. The van der Waals surface area contributed by atoms with Gasteiger partial charge in [0, 0.05) is 30.8 Å². The minimum absolute atomic E-state index is 0.141. The van der Waals surface area contributed by atoms with E-state index < -0.39 is 0 Å². The van der Waals surface area contributed by atoms with Crippen LogP contribution >= 0.6 is 0 Å². The molecule has 114 valence electrons. The molecule has 1 aliphatic heterocycles. The lowest BCUT2D eigenvalue weighted by atomic mass is 10.1. The van der Waals surface area contributed by atoms with Crippen LogP contribution in [0, 0.1) is 11.8 Å². The molecule has 2 rings (SSSR count). The number of pyridine rings is 1. The lowest BCUT2D eigenvalue weighted by molar-refractivity contribution is 0.179. The van der Waals surface area contributed by atoms with E-state index in [0.29, 0.717) is 6.04 Å². The van der Waals surface area contributed by atoms with E-state index in [1.165, 1.54) is 12.8 Å². The summed E-state index contributed by atoms with van der Waals surface area (Å²) < 4.78 is 5.96. The largest absolute Gasteiger partial charge is 0.487 e. The molecule has 0 saturated carbocycles. The minimum atomic E-state index is 0.141. The number of rotatable bonds is 6. The normalized spacial score (nSPS) is 18.9. The van der Waals surface area contributed by atoms with E-state index in [1.807, 2.05) is 6.07 Å². The molecule has 2 heterocycles. The van der Waals surface area contributed by atoms with Crippen molar-refractivity contribution >= 4 is 0 Å². The maximum atomic E-state index is 8.71. The van der Waals surface area contributed by atoms with Crippen molar-refractivity contribution < 1.29 is 9.84 Å². The molecule has 0 aliphatic carbocycles. The molecule has 0 aromatic carbocycles. The van der Waals surface area contributed by atoms with Crippen molar-refractivity contribution in [3.63, 3.8) is 0 Å². The zero-order valence-corrected chi connectivity index (χ0v) is 12.6. The summed E-state index contributed by atoms with van der Waals surface area (Å²) in [5.74, 6) is 6.98. The summed E-state index contributed by atoms with van der Waals surface area (Å²) >= 11 is 0. The van der Waals surface area contributed by atoms with Crippen molar-refractivity contribution in [2.75, 3.05) is 13.2 Å².